The summed E-state index contributed by atoms with van der Waals surface area (Å²) >= 11 is 6.24. The number of benzene rings is 3. The van der Waals surface area contributed by atoms with Crippen LogP contribution in [-0.4, -0.2) is 39.3 Å². The van der Waals surface area contributed by atoms with Gasteiger partial charge >= 0.3 is 5.97 Å². The molecule has 1 atom stereocenters. The predicted molar refractivity (Wildman–Crippen MR) is 130 cm³/mol. The molecule has 1 N–H and O–H groups in total. The minimum absolute atomic E-state index is 0.00112. The Morgan fingerprint density at radius 3 is 2.65 bits per heavy atom. The summed E-state index contributed by atoms with van der Waals surface area (Å²) in [6, 6.07) is 17.2. The molecule has 0 aliphatic carbocycles. The molecule has 1 heterocycles. The van der Waals surface area contributed by atoms with E-state index in [1.807, 2.05) is 19.1 Å². The van der Waals surface area contributed by atoms with Gasteiger partial charge in [0.05, 0.1) is 24.2 Å². The molecule has 7 nitrogen and oxygen atoms in total. The van der Waals surface area contributed by atoms with Gasteiger partial charge in [-0.2, -0.15) is 0 Å². The summed E-state index contributed by atoms with van der Waals surface area (Å²) in [6.07, 6.45) is -0.541. The van der Waals surface area contributed by atoms with Crippen molar-refractivity contribution in [3.63, 3.8) is 0 Å². The fourth-order valence-corrected chi connectivity index (χ4v) is 5.73. The number of halogens is 1. The number of rotatable bonds is 7. The summed E-state index contributed by atoms with van der Waals surface area (Å²) in [5.41, 5.74) is 2.69. The molecule has 0 saturated carbocycles. The lowest BCUT2D eigenvalue weighted by Crippen LogP contribution is -2.43. The Kier molecular flexibility index (Phi) is 6.72. The molecule has 0 spiro atoms. The second kappa shape index (κ2) is 9.56. The first-order valence-electron chi connectivity index (χ1n) is 10.6. The second-order valence-corrected chi connectivity index (χ2v) is 10.4. The third kappa shape index (κ3) is 4.98. The van der Waals surface area contributed by atoms with Crippen LogP contribution in [0.1, 0.15) is 18.4 Å². The molecule has 1 aliphatic rings. The average Bonchev–Trinajstić information content (AvgIpc) is 2.81. The summed E-state index contributed by atoms with van der Waals surface area (Å²) in [7, 11) is -2.39. The van der Waals surface area contributed by atoms with Crippen LogP contribution in [0.4, 0.5) is 5.69 Å². The van der Waals surface area contributed by atoms with Crippen molar-refractivity contribution in [3.05, 3.63) is 71.2 Å². The first kappa shape index (κ1) is 23.9. The summed E-state index contributed by atoms with van der Waals surface area (Å²) in [6.45, 7) is 1.82. The Balaban J connectivity index is 1.81. The van der Waals surface area contributed by atoms with E-state index in [1.54, 1.807) is 55.6 Å². The van der Waals surface area contributed by atoms with Crippen LogP contribution >= 0.6 is 11.6 Å². The first-order chi connectivity index (χ1) is 16.2. The number of ether oxygens (including phenoxy) is 2. The molecule has 0 unspecified atom stereocenters. The van der Waals surface area contributed by atoms with Crippen LogP contribution in [0.5, 0.6) is 11.5 Å². The van der Waals surface area contributed by atoms with E-state index < -0.39 is 22.1 Å². The fraction of sp³-hybridized carbons (Fsp3) is 0.240. The SMILES string of the molecule is COc1cc(Cl)cc(-c2ccc3c(c2)N(S(=O)(=O)c2cccc(C)c2)C[C@H](CCC(=O)O)O3)c1. The highest BCUT2D eigenvalue weighted by Gasteiger charge is 2.35. The lowest BCUT2D eigenvalue weighted by molar-refractivity contribution is -0.137. The maximum Gasteiger partial charge on any atom is 0.303 e. The number of fused-ring (bicyclic) bond motifs is 1. The van der Waals surface area contributed by atoms with Crippen molar-refractivity contribution in [2.24, 2.45) is 0 Å². The van der Waals surface area contributed by atoms with Crippen molar-refractivity contribution in [2.45, 2.75) is 30.8 Å². The Morgan fingerprint density at radius 2 is 1.94 bits per heavy atom. The smallest absolute Gasteiger partial charge is 0.303 e. The summed E-state index contributed by atoms with van der Waals surface area (Å²) in [5, 5.41) is 9.58. The normalized spacial score (nSPS) is 15.4. The fourth-order valence-electron chi connectivity index (χ4n) is 3.90. The van der Waals surface area contributed by atoms with Gasteiger partial charge in [0, 0.05) is 11.4 Å². The Bertz CT molecular complexity index is 1340. The molecule has 1 aliphatic heterocycles. The standard InChI is InChI=1S/C25H24ClNO6S/c1-16-4-3-5-22(10-16)34(30,31)27-15-20(7-9-25(28)29)33-24-8-6-17(13-23(24)27)18-11-19(26)14-21(12-18)32-2/h3-6,8,10-14,20H,7,9,15H2,1-2H3,(H,28,29)/t20-/m0/s1. The van der Waals surface area contributed by atoms with Crippen LogP contribution in [0.3, 0.4) is 0 Å². The number of nitrogens with zero attached hydrogens (tertiary/aromatic N) is 1. The molecule has 4 rings (SSSR count). The molecular weight excluding hydrogens is 478 g/mol. The number of sulfonamides is 1. The van der Waals surface area contributed by atoms with Crippen molar-refractivity contribution in [1.29, 1.82) is 0 Å². The van der Waals surface area contributed by atoms with Crippen molar-refractivity contribution in [2.75, 3.05) is 18.0 Å². The maximum atomic E-state index is 13.7. The molecule has 3 aromatic carbocycles. The van der Waals surface area contributed by atoms with Crippen LogP contribution in [0.15, 0.2) is 65.6 Å². The molecule has 0 aromatic heterocycles. The van der Waals surface area contributed by atoms with Crippen LogP contribution < -0.4 is 13.8 Å². The number of carboxylic acid groups (broad SMARTS) is 1. The van der Waals surface area contributed by atoms with Crippen molar-refractivity contribution >= 4 is 33.3 Å². The summed E-state index contributed by atoms with van der Waals surface area (Å²) < 4.78 is 40.0. The molecule has 0 bridgehead atoms. The molecule has 0 fully saturated rings. The molecule has 0 saturated heterocycles. The Hall–Kier alpha value is -3.23. The minimum Gasteiger partial charge on any atom is -0.497 e. The molecule has 178 valence electrons. The number of anilines is 1. The average molecular weight is 502 g/mol. The van der Waals surface area contributed by atoms with Gasteiger partial charge in [-0.3, -0.25) is 9.10 Å². The molecule has 34 heavy (non-hydrogen) atoms. The van der Waals surface area contributed by atoms with E-state index in [0.717, 1.165) is 16.7 Å². The van der Waals surface area contributed by atoms with Gasteiger partial charge in [-0.05, 0) is 72.5 Å². The quantitative estimate of drug-likeness (QED) is 0.481. The highest BCUT2D eigenvalue weighted by atomic mass is 35.5. The minimum atomic E-state index is -3.93. The summed E-state index contributed by atoms with van der Waals surface area (Å²) in [4.78, 5) is 11.3. The highest BCUT2D eigenvalue weighted by Crippen LogP contribution is 2.41. The number of aliphatic carboxylic acids is 1. The molecule has 3 aromatic rings. The lowest BCUT2D eigenvalue weighted by Gasteiger charge is -2.35. The molecule has 0 amide bonds. The first-order valence-corrected chi connectivity index (χ1v) is 12.5. The number of aryl methyl sites for hydroxylation is 1. The van der Waals surface area contributed by atoms with Crippen LogP contribution in [0.2, 0.25) is 5.02 Å². The molecule has 0 radical (unpaired) electrons. The van der Waals surface area contributed by atoms with Crippen molar-refractivity contribution < 1.29 is 27.8 Å². The third-order valence-electron chi connectivity index (χ3n) is 5.59. The lowest BCUT2D eigenvalue weighted by atomic mass is 10.0. The zero-order valence-corrected chi connectivity index (χ0v) is 20.3. The molecule has 9 heteroatoms. The van der Waals surface area contributed by atoms with Gasteiger partial charge in [0.1, 0.15) is 17.6 Å². The number of carbonyl (C=O) groups is 1. The zero-order valence-electron chi connectivity index (χ0n) is 18.7. The van der Waals surface area contributed by atoms with Crippen molar-refractivity contribution in [1.82, 2.24) is 0 Å². The number of hydrogen-bond donors (Lipinski definition) is 1. The number of methoxy groups -OCH3 is 1. The topological polar surface area (TPSA) is 93.1 Å². The van der Waals surface area contributed by atoms with Crippen LogP contribution in [-0.2, 0) is 14.8 Å². The van der Waals surface area contributed by atoms with Gasteiger partial charge in [-0.15, -0.1) is 0 Å². The Morgan fingerprint density at radius 1 is 1.15 bits per heavy atom. The summed E-state index contributed by atoms with van der Waals surface area (Å²) in [5.74, 6) is -0.0159. The maximum absolute atomic E-state index is 13.7. The van der Waals surface area contributed by atoms with E-state index in [0.29, 0.717) is 22.2 Å². The Labute approximate surface area is 203 Å². The predicted octanol–water partition coefficient (Wildman–Crippen LogP) is 5.15. The third-order valence-corrected chi connectivity index (χ3v) is 7.58. The van der Waals surface area contributed by atoms with E-state index in [4.69, 9.17) is 26.2 Å². The van der Waals surface area contributed by atoms with E-state index in [1.165, 1.54) is 4.31 Å². The van der Waals surface area contributed by atoms with E-state index in [-0.39, 0.29) is 24.3 Å². The van der Waals surface area contributed by atoms with Crippen molar-refractivity contribution in [3.8, 4) is 22.6 Å². The van der Waals surface area contributed by atoms with Crippen LogP contribution in [0.25, 0.3) is 11.1 Å². The van der Waals surface area contributed by atoms with E-state index >= 15 is 0 Å². The number of hydrogen-bond acceptors (Lipinski definition) is 5. The van der Waals surface area contributed by atoms with Gasteiger partial charge in [-0.25, -0.2) is 8.42 Å². The van der Waals surface area contributed by atoms with E-state index in [9.17, 15) is 13.2 Å². The molecular formula is C25H24ClNO6S. The largest absolute Gasteiger partial charge is 0.497 e. The monoisotopic (exact) mass is 501 g/mol. The van der Waals surface area contributed by atoms with Gasteiger partial charge in [-0.1, -0.05) is 29.8 Å². The van der Waals surface area contributed by atoms with Gasteiger partial charge < -0.3 is 14.6 Å². The second-order valence-electron chi connectivity index (χ2n) is 8.09. The van der Waals surface area contributed by atoms with Crippen LogP contribution in [0, 0.1) is 6.92 Å². The zero-order chi connectivity index (χ0) is 24.5. The number of carboxylic acids is 1. The van der Waals surface area contributed by atoms with Gasteiger partial charge in [0.25, 0.3) is 10.0 Å². The van der Waals surface area contributed by atoms with Gasteiger partial charge in [0.15, 0.2) is 0 Å². The highest BCUT2D eigenvalue weighted by molar-refractivity contribution is 7.92. The van der Waals surface area contributed by atoms with Gasteiger partial charge in [0.2, 0.25) is 0 Å². The van der Waals surface area contributed by atoms with E-state index in [2.05, 4.69) is 0 Å².